The molecular formula is C13H9ClF3NO. The highest BCUT2D eigenvalue weighted by molar-refractivity contribution is 6.17. The van der Waals surface area contributed by atoms with Gasteiger partial charge in [0.1, 0.15) is 11.5 Å². The summed E-state index contributed by atoms with van der Waals surface area (Å²) >= 11 is 5.70. The van der Waals surface area contributed by atoms with Crippen LogP contribution in [0.15, 0.2) is 42.7 Å². The summed E-state index contributed by atoms with van der Waals surface area (Å²) in [6.45, 7) is 0. The Morgan fingerprint density at radius 3 is 2.68 bits per heavy atom. The molecule has 0 bridgehead atoms. The third-order valence-corrected chi connectivity index (χ3v) is 2.68. The summed E-state index contributed by atoms with van der Waals surface area (Å²) in [4.78, 5) is 3.87. The van der Waals surface area contributed by atoms with E-state index < -0.39 is 11.7 Å². The molecule has 1 aromatic heterocycles. The van der Waals surface area contributed by atoms with Gasteiger partial charge in [-0.05, 0) is 24.3 Å². The zero-order valence-corrected chi connectivity index (χ0v) is 10.4. The Hall–Kier alpha value is -1.75. The van der Waals surface area contributed by atoms with Crippen LogP contribution < -0.4 is 4.74 Å². The van der Waals surface area contributed by atoms with Crippen LogP contribution in [0.5, 0.6) is 11.5 Å². The molecule has 0 atom stereocenters. The first-order valence-electron chi connectivity index (χ1n) is 5.34. The fraction of sp³-hybridized carbons (Fsp3) is 0.154. The van der Waals surface area contributed by atoms with Crippen LogP contribution in [0.3, 0.4) is 0 Å². The van der Waals surface area contributed by atoms with Crippen molar-refractivity contribution in [2.24, 2.45) is 0 Å². The van der Waals surface area contributed by atoms with Crippen LogP contribution in [0.2, 0.25) is 0 Å². The van der Waals surface area contributed by atoms with Gasteiger partial charge in [-0.3, -0.25) is 4.98 Å². The van der Waals surface area contributed by atoms with Gasteiger partial charge in [-0.1, -0.05) is 6.07 Å². The predicted octanol–water partition coefficient (Wildman–Crippen LogP) is 4.63. The molecule has 0 N–H and O–H groups in total. The number of hydrogen-bond acceptors (Lipinski definition) is 2. The second kappa shape index (κ2) is 5.48. The Kier molecular flexibility index (Phi) is 3.95. The van der Waals surface area contributed by atoms with Crippen LogP contribution in [-0.2, 0) is 12.1 Å². The summed E-state index contributed by atoms with van der Waals surface area (Å²) in [7, 11) is 0. The van der Waals surface area contributed by atoms with Crippen molar-refractivity contribution in [1.82, 2.24) is 4.98 Å². The molecule has 1 heterocycles. The molecule has 2 rings (SSSR count). The van der Waals surface area contributed by atoms with Crippen LogP contribution >= 0.6 is 11.6 Å². The molecule has 0 spiro atoms. The van der Waals surface area contributed by atoms with Gasteiger partial charge in [0.05, 0.1) is 11.4 Å². The SMILES string of the molecule is FC(F)(F)c1cccc(Oc2ccncc2CCl)c1. The molecular weight excluding hydrogens is 279 g/mol. The van der Waals surface area contributed by atoms with Crippen LogP contribution in [0.25, 0.3) is 0 Å². The number of hydrogen-bond donors (Lipinski definition) is 0. The molecule has 0 saturated carbocycles. The second-order valence-corrected chi connectivity index (χ2v) is 4.01. The average Bonchev–Trinajstić information content (AvgIpc) is 2.39. The quantitative estimate of drug-likeness (QED) is 0.768. The Bertz CT molecular complexity index is 572. The summed E-state index contributed by atoms with van der Waals surface area (Å²) in [6.07, 6.45) is -1.40. The fourth-order valence-electron chi connectivity index (χ4n) is 1.48. The largest absolute Gasteiger partial charge is 0.457 e. The predicted molar refractivity (Wildman–Crippen MR) is 65.3 cm³/mol. The molecule has 2 nitrogen and oxygen atoms in total. The number of nitrogens with zero attached hydrogens (tertiary/aromatic N) is 1. The lowest BCUT2D eigenvalue weighted by Crippen LogP contribution is -2.04. The number of pyridine rings is 1. The molecule has 100 valence electrons. The highest BCUT2D eigenvalue weighted by Crippen LogP contribution is 2.33. The lowest BCUT2D eigenvalue weighted by atomic mass is 10.2. The van der Waals surface area contributed by atoms with Crippen molar-refractivity contribution >= 4 is 11.6 Å². The number of alkyl halides is 4. The lowest BCUT2D eigenvalue weighted by molar-refractivity contribution is -0.137. The summed E-state index contributed by atoms with van der Waals surface area (Å²) in [6, 6.07) is 6.23. The number of benzene rings is 1. The van der Waals surface area contributed by atoms with Gasteiger partial charge in [0.2, 0.25) is 0 Å². The maximum absolute atomic E-state index is 12.6. The van der Waals surface area contributed by atoms with Crippen molar-refractivity contribution in [1.29, 1.82) is 0 Å². The van der Waals surface area contributed by atoms with Gasteiger partial charge in [0.25, 0.3) is 0 Å². The number of aromatic nitrogens is 1. The summed E-state index contributed by atoms with van der Waals surface area (Å²) < 4.78 is 43.1. The monoisotopic (exact) mass is 287 g/mol. The van der Waals surface area contributed by atoms with E-state index in [-0.39, 0.29) is 11.6 Å². The molecule has 0 aliphatic heterocycles. The van der Waals surface area contributed by atoms with Crippen molar-refractivity contribution in [3.05, 3.63) is 53.9 Å². The van der Waals surface area contributed by atoms with Crippen molar-refractivity contribution in [2.75, 3.05) is 0 Å². The molecule has 0 radical (unpaired) electrons. The number of halogens is 4. The van der Waals surface area contributed by atoms with E-state index in [0.29, 0.717) is 11.3 Å². The molecule has 2 aromatic rings. The van der Waals surface area contributed by atoms with Crippen LogP contribution in [-0.4, -0.2) is 4.98 Å². The molecule has 1 aromatic carbocycles. The van der Waals surface area contributed by atoms with Crippen molar-refractivity contribution in [2.45, 2.75) is 12.1 Å². The standard InChI is InChI=1S/C13H9ClF3NO/c14-7-9-8-18-5-4-12(9)19-11-3-1-2-10(6-11)13(15,16)17/h1-6,8H,7H2. The van der Waals surface area contributed by atoms with Gasteiger partial charge in [0, 0.05) is 18.0 Å². The second-order valence-electron chi connectivity index (χ2n) is 3.74. The Labute approximate surface area is 112 Å². The normalized spacial score (nSPS) is 11.4. The first-order valence-corrected chi connectivity index (χ1v) is 5.88. The summed E-state index contributed by atoms with van der Waals surface area (Å²) in [5.74, 6) is 0.666. The van der Waals surface area contributed by atoms with E-state index in [1.807, 2.05) is 0 Å². The zero-order chi connectivity index (χ0) is 13.9. The maximum Gasteiger partial charge on any atom is 0.416 e. The van der Waals surface area contributed by atoms with Crippen LogP contribution in [0.4, 0.5) is 13.2 Å². The van der Waals surface area contributed by atoms with Gasteiger partial charge in [0.15, 0.2) is 0 Å². The topological polar surface area (TPSA) is 22.1 Å². The highest BCUT2D eigenvalue weighted by Gasteiger charge is 2.30. The minimum absolute atomic E-state index is 0.104. The molecule has 0 fully saturated rings. The fourth-order valence-corrected chi connectivity index (χ4v) is 1.68. The Morgan fingerprint density at radius 1 is 1.21 bits per heavy atom. The van der Waals surface area contributed by atoms with E-state index in [2.05, 4.69) is 4.98 Å². The molecule has 19 heavy (non-hydrogen) atoms. The zero-order valence-electron chi connectivity index (χ0n) is 9.62. The molecule has 0 aliphatic rings. The molecule has 0 amide bonds. The number of ether oxygens (including phenoxy) is 1. The van der Waals surface area contributed by atoms with Crippen LogP contribution in [0.1, 0.15) is 11.1 Å². The summed E-state index contributed by atoms with van der Waals surface area (Å²) in [5.41, 5.74) is -0.145. The highest BCUT2D eigenvalue weighted by atomic mass is 35.5. The van der Waals surface area contributed by atoms with Gasteiger partial charge in [-0.15, -0.1) is 11.6 Å². The Morgan fingerprint density at radius 2 is 2.00 bits per heavy atom. The third kappa shape index (κ3) is 3.38. The maximum atomic E-state index is 12.6. The summed E-state index contributed by atoms with van der Waals surface area (Å²) in [5, 5.41) is 0. The van der Waals surface area contributed by atoms with E-state index in [0.717, 1.165) is 12.1 Å². The average molecular weight is 288 g/mol. The van der Waals surface area contributed by atoms with Crippen molar-refractivity contribution < 1.29 is 17.9 Å². The third-order valence-electron chi connectivity index (χ3n) is 2.39. The van der Waals surface area contributed by atoms with Gasteiger partial charge < -0.3 is 4.74 Å². The van der Waals surface area contributed by atoms with Crippen molar-refractivity contribution in [3.8, 4) is 11.5 Å². The van der Waals surface area contributed by atoms with E-state index in [9.17, 15) is 13.2 Å². The first kappa shape index (κ1) is 13.7. The molecule has 0 saturated heterocycles. The smallest absolute Gasteiger partial charge is 0.416 e. The minimum atomic E-state index is -4.40. The molecule has 0 aliphatic carbocycles. The number of rotatable bonds is 3. The lowest BCUT2D eigenvalue weighted by Gasteiger charge is -2.11. The van der Waals surface area contributed by atoms with Crippen molar-refractivity contribution in [3.63, 3.8) is 0 Å². The van der Waals surface area contributed by atoms with Gasteiger partial charge in [-0.2, -0.15) is 13.2 Å². The van der Waals surface area contributed by atoms with E-state index >= 15 is 0 Å². The van der Waals surface area contributed by atoms with E-state index in [1.165, 1.54) is 24.5 Å². The van der Waals surface area contributed by atoms with Gasteiger partial charge in [-0.25, -0.2) is 0 Å². The van der Waals surface area contributed by atoms with Gasteiger partial charge >= 0.3 is 6.18 Å². The minimum Gasteiger partial charge on any atom is -0.457 e. The van der Waals surface area contributed by atoms with E-state index in [4.69, 9.17) is 16.3 Å². The van der Waals surface area contributed by atoms with E-state index in [1.54, 1.807) is 6.07 Å². The van der Waals surface area contributed by atoms with Crippen LogP contribution in [0, 0.1) is 0 Å². The molecule has 0 unspecified atom stereocenters. The molecule has 6 heteroatoms. The first-order chi connectivity index (χ1) is 9.00. The Balaban J connectivity index is 2.29.